The van der Waals surface area contributed by atoms with E-state index < -0.39 is 0 Å². The molecule has 3 nitrogen and oxygen atoms in total. The number of benzene rings is 1. The maximum atomic E-state index is 11.9. The molecule has 1 N–H and O–H groups in total. The van der Waals surface area contributed by atoms with Crippen molar-refractivity contribution in [2.45, 2.75) is 0 Å². The molecule has 0 saturated carbocycles. The molecule has 1 aromatic carbocycles. The van der Waals surface area contributed by atoms with E-state index in [1.807, 2.05) is 18.2 Å². The highest BCUT2D eigenvalue weighted by Gasteiger charge is 2.09. The van der Waals surface area contributed by atoms with E-state index in [4.69, 9.17) is 11.6 Å². The monoisotopic (exact) mass is 294 g/mol. The summed E-state index contributed by atoms with van der Waals surface area (Å²) in [4.78, 5) is 16.7. The molecule has 0 spiro atoms. The van der Waals surface area contributed by atoms with Gasteiger partial charge in [-0.3, -0.25) is 4.79 Å². The molecule has 1 amide bonds. The Balaban J connectivity index is 1.85. The Bertz CT molecular complexity index is 720. The Labute approximate surface area is 116 Å². The molecule has 0 unspecified atom stereocenters. The number of thiazole rings is 1. The number of halogens is 1. The zero-order valence-electron chi connectivity index (χ0n) is 9.01. The predicted molar refractivity (Wildman–Crippen MR) is 76.9 cm³/mol. The molecule has 3 aromatic rings. The van der Waals surface area contributed by atoms with Crippen molar-refractivity contribution in [2.75, 3.05) is 5.32 Å². The number of aromatic nitrogens is 1. The van der Waals surface area contributed by atoms with Gasteiger partial charge in [-0.25, -0.2) is 4.98 Å². The van der Waals surface area contributed by atoms with Gasteiger partial charge in [-0.05, 0) is 30.3 Å². The Morgan fingerprint density at radius 3 is 2.94 bits per heavy atom. The van der Waals surface area contributed by atoms with Gasteiger partial charge in [-0.2, -0.15) is 0 Å². The topological polar surface area (TPSA) is 42.0 Å². The fourth-order valence-electron chi connectivity index (χ4n) is 1.56. The lowest BCUT2D eigenvalue weighted by Crippen LogP contribution is -2.09. The van der Waals surface area contributed by atoms with Crippen molar-refractivity contribution in [3.8, 4) is 0 Å². The number of fused-ring (bicyclic) bond motifs is 1. The van der Waals surface area contributed by atoms with E-state index in [1.54, 1.807) is 29.0 Å². The third-order valence-corrected chi connectivity index (χ3v) is 4.41. The molecule has 3 rings (SSSR count). The van der Waals surface area contributed by atoms with Crippen molar-refractivity contribution in [3.63, 3.8) is 0 Å². The molecule has 6 heteroatoms. The van der Waals surface area contributed by atoms with Crippen LogP contribution in [0, 0.1) is 0 Å². The maximum Gasteiger partial charge on any atom is 0.265 e. The summed E-state index contributed by atoms with van der Waals surface area (Å²) < 4.78 is 1.66. The highest BCUT2D eigenvalue weighted by atomic mass is 35.5. The largest absolute Gasteiger partial charge is 0.321 e. The Hall–Kier alpha value is -1.43. The lowest BCUT2D eigenvalue weighted by molar-refractivity contribution is 0.103. The van der Waals surface area contributed by atoms with Crippen LogP contribution in [-0.2, 0) is 0 Å². The van der Waals surface area contributed by atoms with Crippen molar-refractivity contribution < 1.29 is 4.79 Å². The zero-order chi connectivity index (χ0) is 12.5. The van der Waals surface area contributed by atoms with Gasteiger partial charge < -0.3 is 5.32 Å². The summed E-state index contributed by atoms with van der Waals surface area (Å²) in [5.74, 6) is -0.143. The molecule has 0 radical (unpaired) electrons. The maximum absolute atomic E-state index is 11.9. The summed E-state index contributed by atoms with van der Waals surface area (Å²) in [7, 11) is 0. The van der Waals surface area contributed by atoms with Gasteiger partial charge in [0.2, 0.25) is 0 Å². The van der Waals surface area contributed by atoms with Crippen LogP contribution in [0.4, 0.5) is 5.69 Å². The zero-order valence-corrected chi connectivity index (χ0v) is 11.4. The lowest BCUT2D eigenvalue weighted by Gasteiger charge is -2.02. The van der Waals surface area contributed by atoms with E-state index in [2.05, 4.69) is 10.3 Å². The summed E-state index contributed by atoms with van der Waals surface area (Å²) in [6.45, 7) is 0. The van der Waals surface area contributed by atoms with Crippen LogP contribution >= 0.6 is 34.3 Å². The van der Waals surface area contributed by atoms with Crippen LogP contribution < -0.4 is 5.32 Å². The molecule has 0 atom stereocenters. The van der Waals surface area contributed by atoms with Gasteiger partial charge in [0.25, 0.3) is 5.91 Å². The van der Waals surface area contributed by atoms with E-state index in [9.17, 15) is 4.79 Å². The highest BCUT2D eigenvalue weighted by molar-refractivity contribution is 7.18. The molecule has 0 bridgehead atoms. The molecular formula is C12H7ClN2OS2. The third kappa shape index (κ3) is 2.25. The minimum atomic E-state index is -0.143. The molecule has 0 saturated heterocycles. The second-order valence-corrected chi connectivity index (χ2v) is 6.19. The molecule has 0 aliphatic rings. The van der Waals surface area contributed by atoms with Crippen molar-refractivity contribution in [1.29, 1.82) is 0 Å². The number of nitrogens with one attached hydrogen (secondary N) is 1. The van der Waals surface area contributed by atoms with Gasteiger partial charge in [0.1, 0.15) is 0 Å². The molecule has 0 aliphatic carbocycles. The van der Waals surface area contributed by atoms with Gasteiger partial charge in [-0.1, -0.05) is 11.6 Å². The Kier molecular flexibility index (Phi) is 3.03. The fraction of sp³-hybridized carbons (Fsp3) is 0. The number of hydrogen-bond donors (Lipinski definition) is 1. The molecule has 2 aromatic heterocycles. The summed E-state index contributed by atoms with van der Waals surface area (Å²) in [5, 5.41) is 2.85. The molecule has 2 heterocycles. The quantitative estimate of drug-likeness (QED) is 0.767. The SMILES string of the molecule is O=C(Nc1ccc2ncsc2c1)c1ccc(Cl)s1. The number of nitrogens with zero attached hydrogens (tertiary/aromatic N) is 1. The Morgan fingerprint density at radius 2 is 2.17 bits per heavy atom. The summed E-state index contributed by atoms with van der Waals surface area (Å²) in [5.41, 5.74) is 3.49. The fourth-order valence-corrected chi connectivity index (χ4v) is 3.22. The summed E-state index contributed by atoms with van der Waals surface area (Å²) in [6, 6.07) is 9.08. The first kappa shape index (κ1) is 11.6. The summed E-state index contributed by atoms with van der Waals surface area (Å²) >= 11 is 8.61. The van der Waals surface area contributed by atoms with Crippen molar-refractivity contribution in [2.24, 2.45) is 0 Å². The first-order valence-electron chi connectivity index (χ1n) is 5.12. The number of rotatable bonds is 2. The average molecular weight is 295 g/mol. The molecule has 90 valence electrons. The molecule has 18 heavy (non-hydrogen) atoms. The number of thiophene rings is 1. The van der Waals surface area contributed by atoms with E-state index in [0.717, 1.165) is 15.9 Å². The third-order valence-electron chi connectivity index (χ3n) is 2.39. The standard InChI is InChI=1S/C12H7ClN2OS2/c13-11-4-3-9(18-11)12(16)15-7-1-2-8-10(5-7)17-6-14-8/h1-6H,(H,15,16). The van der Waals surface area contributed by atoms with Crippen LogP contribution in [0.1, 0.15) is 9.67 Å². The number of carbonyl (C=O) groups is 1. The van der Waals surface area contributed by atoms with Crippen LogP contribution in [0.25, 0.3) is 10.2 Å². The minimum absolute atomic E-state index is 0.143. The predicted octanol–water partition coefficient (Wildman–Crippen LogP) is 4.26. The van der Waals surface area contributed by atoms with E-state index in [0.29, 0.717) is 9.21 Å². The van der Waals surface area contributed by atoms with Crippen LogP contribution in [0.3, 0.4) is 0 Å². The number of carbonyl (C=O) groups excluding carboxylic acids is 1. The van der Waals surface area contributed by atoms with Crippen LogP contribution in [0.2, 0.25) is 4.34 Å². The van der Waals surface area contributed by atoms with Crippen molar-refractivity contribution >= 4 is 56.1 Å². The van der Waals surface area contributed by atoms with Crippen LogP contribution in [0.5, 0.6) is 0 Å². The van der Waals surface area contributed by atoms with Crippen LogP contribution in [-0.4, -0.2) is 10.9 Å². The molecule has 0 aliphatic heterocycles. The van der Waals surface area contributed by atoms with Gasteiger partial charge in [0.15, 0.2) is 0 Å². The second kappa shape index (κ2) is 4.68. The number of hydrogen-bond acceptors (Lipinski definition) is 4. The van der Waals surface area contributed by atoms with Gasteiger partial charge in [-0.15, -0.1) is 22.7 Å². The number of amides is 1. The minimum Gasteiger partial charge on any atom is -0.321 e. The summed E-state index contributed by atoms with van der Waals surface area (Å²) in [6.07, 6.45) is 0. The van der Waals surface area contributed by atoms with Crippen LogP contribution in [0.15, 0.2) is 35.8 Å². The van der Waals surface area contributed by atoms with Crippen molar-refractivity contribution in [1.82, 2.24) is 4.98 Å². The van der Waals surface area contributed by atoms with Crippen molar-refractivity contribution in [3.05, 3.63) is 45.1 Å². The molecule has 0 fully saturated rings. The highest BCUT2D eigenvalue weighted by Crippen LogP contribution is 2.24. The van der Waals surface area contributed by atoms with E-state index in [-0.39, 0.29) is 5.91 Å². The van der Waals surface area contributed by atoms with Gasteiger partial charge >= 0.3 is 0 Å². The van der Waals surface area contributed by atoms with E-state index in [1.165, 1.54) is 11.3 Å². The van der Waals surface area contributed by atoms with E-state index >= 15 is 0 Å². The first-order valence-corrected chi connectivity index (χ1v) is 7.20. The van der Waals surface area contributed by atoms with Gasteiger partial charge in [0.05, 0.1) is 24.9 Å². The Morgan fingerprint density at radius 1 is 1.28 bits per heavy atom. The smallest absolute Gasteiger partial charge is 0.265 e. The second-order valence-electron chi connectivity index (χ2n) is 3.59. The first-order chi connectivity index (χ1) is 8.72. The van der Waals surface area contributed by atoms with Gasteiger partial charge in [0, 0.05) is 5.69 Å². The number of anilines is 1. The lowest BCUT2D eigenvalue weighted by atomic mass is 10.3. The molecular weight excluding hydrogens is 288 g/mol. The average Bonchev–Trinajstić information content (AvgIpc) is 2.96. The normalized spacial score (nSPS) is 10.7.